The van der Waals surface area contributed by atoms with Crippen LogP contribution >= 0.6 is 0 Å². The minimum Gasteiger partial charge on any atom is -0.303 e. The monoisotopic (exact) mass is 251 g/mol. The Balaban J connectivity index is 1.88. The lowest BCUT2D eigenvalue weighted by Gasteiger charge is -2.04. The molecule has 2 heterocycles. The van der Waals surface area contributed by atoms with Gasteiger partial charge in [-0.15, -0.1) is 10.2 Å². The molecule has 0 unspecified atom stereocenters. The molecule has 0 spiro atoms. The zero-order valence-corrected chi connectivity index (χ0v) is 10.5. The fraction of sp³-hybridized carbons (Fsp3) is 0.0714. The van der Waals surface area contributed by atoms with Crippen molar-refractivity contribution in [3.05, 3.63) is 60.6 Å². The minimum atomic E-state index is 0.641. The number of nitrogens with one attached hydrogen (secondary N) is 1. The first-order valence-electron chi connectivity index (χ1n) is 5.99. The largest absolute Gasteiger partial charge is 0.303 e. The highest BCUT2D eigenvalue weighted by Gasteiger charge is 2.02. The van der Waals surface area contributed by atoms with Gasteiger partial charge in [0.05, 0.1) is 11.2 Å². The van der Waals surface area contributed by atoms with Gasteiger partial charge in [-0.3, -0.25) is 5.43 Å². The van der Waals surface area contributed by atoms with Crippen molar-refractivity contribution in [2.45, 2.75) is 6.92 Å². The number of rotatable bonds is 3. The first kappa shape index (κ1) is 11.4. The van der Waals surface area contributed by atoms with E-state index in [0.29, 0.717) is 5.82 Å². The van der Waals surface area contributed by atoms with Crippen molar-refractivity contribution in [3.63, 3.8) is 0 Å². The number of aromatic nitrogens is 3. The third kappa shape index (κ3) is 2.30. The van der Waals surface area contributed by atoms with Crippen LogP contribution < -0.4 is 5.43 Å². The van der Waals surface area contributed by atoms with Gasteiger partial charge in [0.2, 0.25) is 0 Å². The summed E-state index contributed by atoms with van der Waals surface area (Å²) < 4.78 is 1.89. The molecule has 0 saturated heterocycles. The Bertz CT molecular complexity index is 715. The molecule has 0 fully saturated rings. The molecule has 0 bridgehead atoms. The second kappa shape index (κ2) is 4.89. The zero-order valence-electron chi connectivity index (χ0n) is 10.5. The van der Waals surface area contributed by atoms with Gasteiger partial charge in [-0.2, -0.15) is 5.10 Å². The predicted octanol–water partition coefficient (Wildman–Crippen LogP) is 2.57. The minimum absolute atomic E-state index is 0.641. The molecule has 1 N–H and O–H groups in total. The molecule has 3 rings (SSSR count). The predicted molar refractivity (Wildman–Crippen MR) is 75.3 cm³/mol. The Morgan fingerprint density at radius 1 is 1.16 bits per heavy atom. The molecular weight excluding hydrogens is 238 g/mol. The maximum atomic E-state index is 4.35. The van der Waals surface area contributed by atoms with Crippen molar-refractivity contribution in [2.24, 2.45) is 5.10 Å². The summed E-state index contributed by atoms with van der Waals surface area (Å²) in [6.07, 6.45) is 3.58. The van der Waals surface area contributed by atoms with Gasteiger partial charge in [0, 0.05) is 6.20 Å². The molecule has 0 radical (unpaired) electrons. The lowest BCUT2D eigenvalue weighted by Crippen LogP contribution is -2.03. The molecule has 0 aliphatic carbocycles. The lowest BCUT2D eigenvalue weighted by molar-refractivity contribution is 0.947. The van der Waals surface area contributed by atoms with E-state index in [2.05, 4.69) is 20.7 Å². The Morgan fingerprint density at radius 3 is 2.84 bits per heavy atom. The standard InChI is InChI=1S/C14H13N5/c1-11(12-6-3-2-4-7-12)16-18-14-13-8-5-9-19(13)10-15-17-14/h2-10H,1H3,(H,17,18)/b16-11+. The van der Waals surface area contributed by atoms with E-state index >= 15 is 0 Å². The SMILES string of the molecule is C/C(=N\Nc1nncn2cccc12)c1ccccc1. The quantitative estimate of drug-likeness (QED) is 0.575. The lowest BCUT2D eigenvalue weighted by atomic mass is 10.1. The summed E-state index contributed by atoms with van der Waals surface area (Å²) in [5.41, 5.74) is 5.88. The maximum Gasteiger partial charge on any atom is 0.193 e. The summed E-state index contributed by atoms with van der Waals surface area (Å²) >= 11 is 0. The third-order valence-corrected chi connectivity index (χ3v) is 2.88. The smallest absolute Gasteiger partial charge is 0.193 e. The van der Waals surface area contributed by atoms with Crippen molar-refractivity contribution >= 4 is 17.0 Å². The number of fused-ring (bicyclic) bond motifs is 1. The summed E-state index contributed by atoms with van der Waals surface area (Å²) in [5.74, 6) is 0.641. The van der Waals surface area contributed by atoms with Crippen LogP contribution in [0, 0.1) is 0 Å². The zero-order chi connectivity index (χ0) is 13.1. The Hall–Kier alpha value is -2.69. The second-order valence-electron chi connectivity index (χ2n) is 4.16. The highest BCUT2D eigenvalue weighted by atomic mass is 15.4. The van der Waals surface area contributed by atoms with Gasteiger partial charge in [0.1, 0.15) is 6.33 Å². The van der Waals surface area contributed by atoms with Crippen LogP contribution in [0.2, 0.25) is 0 Å². The molecule has 19 heavy (non-hydrogen) atoms. The molecule has 5 heteroatoms. The number of nitrogens with zero attached hydrogens (tertiary/aromatic N) is 4. The Kier molecular flexibility index (Phi) is 2.94. The molecule has 3 aromatic rings. The second-order valence-corrected chi connectivity index (χ2v) is 4.16. The molecule has 94 valence electrons. The van der Waals surface area contributed by atoms with E-state index in [1.54, 1.807) is 6.33 Å². The molecular formula is C14H13N5. The topological polar surface area (TPSA) is 54.6 Å². The highest BCUT2D eigenvalue weighted by Crippen LogP contribution is 2.13. The van der Waals surface area contributed by atoms with E-state index in [4.69, 9.17) is 0 Å². The van der Waals surface area contributed by atoms with Crippen molar-refractivity contribution in [1.82, 2.24) is 14.6 Å². The van der Waals surface area contributed by atoms with Gasteiger partial charge in [0.25, 0.3) is 0 Å². The van der Waals surface area contributed by atoms with Gasteiger partial charge in [-0.25, -0.2) is 0 Å². The number of hydrogen-bond donors (Lipinski definition) is 1. The summed E-state index contributed by atoms with van der Waals surface area (Å²) in [7, 11) is 0. The van der Waals surface area contributed by atoms with Crippen LogP contribution in [0.4, 0.5) is 5.82 Å². The van der Waals surface area contributed by atoms with Crippen LogP contribution in [0.5, 0.6) is 0 Å². The first-order chi connectivity index (χ1) is 9.34. The van der Waals surface area contributed by atoms with Crippen molar-refractivity contribution in [2.75, 3.05) is 5.43 Å². The maximum absolute atomic E-state index is 4.35. The van der Waals surface area contributed by atoms with E-state index in [1.807, 2.05) is 60.0 Å². The normalized spacial score (nSPS) is 11.7. The van der Waals surface area contributed by atoms with E-state index < -0.39 is 0 Å². The van der Waals surface area contributed by atoms with Crippen molar-refractivity contribution in [3.8, 4) is 0 Å². The molecule has 2 aromatic heterocycles. The van der Waals surface area contributed by atoms with Gasteiger partial charge in [-0.05, 0) is 24.6 Å². The molecule has 0 amide bonds. The fourth-order valence-corrected chi connectivity index (χ4v) is 1.85. The van der Waals surface area contributed by atoms with E-state index in [1.165, 1.54) is 0 Å². The average molecular weight is 251 g/mol. The summed E-state index contributed by atoms with van der Waals surface area (Å²) in [5, 5.41) is 12.3. The highest BCUT2D eigenvalue weighted by molar-refractivity contribution is 5.99. The summed E-state index contributed by atoms with van der Waals surface area (Å²) in [4.78, 5) is 0. The molecule has 0 saturated carbocycles. The Morgan fingerprint density at radius 2 is 2.00 bits per heavy atom. The molecule has 1 aromatic carbocycles. The molecule has 0 aliphatic heterocycles. The first-order valence-corrected chi connectivity index (χ1v) is 5.99. The van der Waals surface area contributed by atoms with Gasteiger partial charge in [-0.1, -0.05) is 30.3 Å². The van der Waals surface area contributed by atoms with Crippen LogP contribution in [0.25, 0.3) is 5.52 Å². The molecule has 0 aliphatic rings. The van der Waals surface area contributed by atoms with Crippen molar-refractivity contribution in [1.29, 1.82) is 0 Å². The van der Waals surface area contributed by atoms with Crippen molar-refractivity contribution < 1.29 is 0 Å². The van der Waals surface area contributed by atoms with Crippen LogP contribution in [-0.4, -0.2) is 20.3 Å². The summed E-state index contributed by atoms with van der Waals surface area (Å²) in [6, 6.07) is 13.9. The van der Waals surface area contributed by atoms with Gasteiger partial charge < -0.3 is 4.40 Å². The number of hydrogen-bond acceptors (Lipinski definition) is 4. The van der Waals surface area contributed by atoms with E-state index in [-0.39, 0.29) is 0 Å². The number of benzene rings is 1. The molecule has 5 nitrogen and oxygen atoms in total. The Labute approximate surface area is 110 Å². The number of hydrazone groups is 1. The van der Waals surface area contributed by atoms with E-state index in [9.17, 15) is 0 Å². The average Bonchev–Trinajstić information content (AvgIpc) is 2.94. The van der Waals surface area contributed by atoms with Crippen LogP contribution in [0.3, 0.4) is 0 Å². The number of anilines is 1. The third-order valence-electron chi connectivity index (χ3n) is 2.88. The van der Waals surface area contributed by atoms with Crippen LogP contribution in [0.15, 0.2) is 60.1 Å². The van der Waals surface area contributed by atoms with Crippen LogP contribution in [-0.2, 0) is 0 Å². The van der Waals surface area contributed by atoms with Crippen LogP contribution in [0.1, 0.15) is 12.5 Å². The molecule has 0 atom stereocenters. The van der Waals surface area contributed by atoms with E-state index in [0.717, 1.165) is 16.8 Å². The summed E-state index contributed by atoms with van der Waals surface area (Å²) in [6.45, 7) is 1.95. The van der Waals surface area contributed by atoms with Gasteiger partial charge in [0.15, 0.2) is 5.82 Å². The van der Waals surface area contributed by atoms with Gasteiger partial charge >= 0.3 is 0 Å². The fourth-order valence-electron chi connectivity index (χ4n) is 1.85.